The molecule has 18 heavy (non-hydrogen) atoms. The number of carbonyl (C=O) groups excluding carboxylic acids is 1. The highest BCUT2D eigenvalue weighted by atomic mass is 16.1. The Morgan fingerprint density at radius 1 is 1.11 bits per heavy atom. The lowest BCUT2D eigenvalue weighted by atomic mass is 9.69. The van der Waals surface area contributed by atoms with Gasteiger partial charge in [-0.25, -0.2) is 4.79 Å². The number of benzene rings is 1. The maximum absolute atomic E-state index is 10.7. The Morgan fingerprint density at radius 3 is 2.44 bits per heavy atom. The molecular formula is C16H19NO. The summed E-state index contributed by atoms with van der Waals surface area (Å²) in [4.78, 5) is 14.9. The fourth-order valence-electron chi connectivity index (χ4n) is 3.55. The van der Waals surface area contributed by atoms with Crippen LogP contribution in [0.3, 0.4) is 0 Å². The summed E-state index contributed by atoms with van der Waals surface area (Å²) >= 11 is 0. The SMILES string of the molecule is O=C=NC1(c2ccccc2C2CCCC2)CCC1. The molecule has 2 nitrogen and oxygen atoms in total. The van der Waals surface area contributed by atoms with Crippen LogP contribution in [0.1, 0.15) is 62.0 Å². The summed E-state index contributed by atoms with van der Waals surface area (Å²) in [6, 6.07) is 8.61. The minimum absolute atomic E-state index is 0.235. The van der Waals surface area contributed by atoms with Gasteiger partial charge in [-0.1, -0.05) is 37.1 Å². The van der Waals surface area contributed by atoms with E-state index in [2.05, 4.69) is 29.3 Å². The zero-order chi connectivity index (χ0) is 12.4. The van der Waals surface area contributed by atoms with E-state index in [1.807, 2.05) is 0 Å². The smallest absolute Gasteiger partial charge is 0.211 e. The molecule has 0 heterocycles. The lowest BCUT2D eigenvalue weighted by Crippen LogP contribution is -2.33. The number of hydrogen-bond donors (Lipinski definition) is 0. The van der Waals surface area contributed by atoms with Crippen LogP contribution in [-0.4, -0.2) is 6.08 Å². The van der Waals surface area contributed by atoms with Gasteiger partial charge in [0, 0.05) is 0 Å². The van der Waals surface area contributed by atoms with Crippen LogP contribution >= 0.6 is 0 Å². The molecule has 0 unspecified atom stereocenters. The highest BCUT2D eigenvalue weighted by Crippen LogP contribution is 2.48. The number of isocyanates is 1. The van der Waals surface area contributed by atoms with Gasteiger partial charge in [0.05, 0.1) is 5.54 Å². The molecule has 0 amide bonds. The second-order valence-corrected chi connectivity index (χ2v) is 5.66. The number of nitrogens with zero attached hydrogens (tertiary/aromatic N) is 1. The third-order valence-electron chi connectivity index (χ3n) is 4.70. The van der Waals surface area contributed by atoms with Crippen LogP contribution < -0.4 is 0 Å². The predicted molar refractivity (Wildman–Crippen MR) is 71.3 cm³/mol. The molecule has 1 aromatic rings. The Morgan fingerprint density at radius 2 is 1.83 bits per heavy atom. The van der Waals surface area contributed by atoms with E-state index in [1.165, 1.54) is 43.2 Å². The summed E-state index contributed by atoms with van der Waals surface area (Å²) in [7, 11) is 0. The van der Waals surface area contributed by atoms with E-state index in [0.717, 1.165) is 12.8 Å². The molecule has 1 aromatic carbocycles. The first-order chi connectivity index (χ1) is 8.86. The largest absolute Gasteiger partial charge is 0.235 e. The lowest BCUT2D eigenvalue weighted by Gasteiger charge is -2.39. The van der Waals surface area contributed by atoms with Crippen molar-refractivity contribution >= 4 is 6.08 Å². The van der Waals surface area contributed by atoms with Crippen molar-refractivity contribution < 1.29 is 4.79 Å². The monoisotopic (exact) mass is 241 g/mol. The van der Waals surface area contributed by atoms with Crippen molar-refractivity contribution in [3.05, 3.63) is 35.4 Å². The number of aliphatic imine (C=N–C) groups is 1. The van der Waals surface area contributed by atoms with Crippen molar-refractivity contribution in [3.8, 4) is 0 Å². The molecule has 2 aliphatic carbocycles. The standard InChI is InChI=1S/C16H19NO/c18-12-17-16(10-5-11-16)15-9-4-3-8-14(15)13-6-1-2-7-13/h3-4,8-9,13H,1-2,5-7,10-11H2. The van der Waals surface area contributed by atoms with Crippen LogP contribution in [0.2, 0.25) is 0 Å². The second kappa shape index (κ2) is 4.70. The Hall–Kier alpha value is -1.40. The summed E-state index contributed by atoms with van der Waals surface area (Å²) in [6.45, 7) is 0. The van der Waals surface area contributed by atoms with E-state index in [1.54, 1.807) is 6.08 Å². The van der Waals surface area contributed by atoms with Gasteiger partial charge >= 0.3 is 0 Å². The van der Waals surface area contributed by atoms with Crippen molar-refractivity contribution in [2.24, 2.45) is 4.99 Å². The van der Waals surface area contributed by atoms with Crippen molar-refractivity contribution in [1.29, 1.82) is 0 Å². The topological polar surface area (TPSA) is 29.4 Å². The zero-order valence-electron chi connectivity index (χ0n) is 10.7. The fraction of sp³-hybridized carbons (Fsp3) is 0.562. The van der Waals surface area contributed by atoms with E-state index >= 15 is 0 Å². The van der Waals surface area contributed by atoms with Crippen LogP contribution in [0.5, 0.6) is 0 Å². The molecule has 2 aliphatic rings. The Balaban J connectivity index is 2.02. The molecule has 3 rings (SSSR count). The molecule has 0 bridgehead atoms. The molecule has 94 valence electrons. The van der Waals surface area contributed by atoms with E-state index in [-0.39, 0.29) is 5.54 Å². The molecule has 0 spiro atoms. The van der Waals surface area contributed by atoms with E-state index in [0.29, 0.717) is 5.92 Å². The molecule has 2 saturated carbocycles. The van der Waals surface area contributed by atoms with Crippen molar-refractivity contribution in [2.45, 2.75) is 56.4 Å². The molecule has 0 saturated heterocycles. The van der Waals surface area contributed by atoms with Gasteiger partial charge in [-0.3, -0.25) is 0 Å². The highest BCUT2D eigenvalue weighted by Gasteiger charge is 2.41. The van der Waals surface area contributed by atoms with Crippen LogP contribution in [0, 0.1) is 0 Å². The number of rotatable bonds is 3. The van der Waals surface area contributed by atoms with E-state index in [4.69, 9.17) is 0 Å². The fourth-order valence-corrected chi connectivity index (χ4v) is 3.55. The van der Waals surface area contributed by atoms with Crippen LogP contribution in [0.15, 0.2) is 29.3 Å². The molecule has 0 aromatic heterocycles. The van der Waals surface area contributed by atoms with Crippen molar-refractivity contribution in [2.75, 3.05) is 0 Å². The van der Waals surface area contributed by atoms with E-state index < -0.39 is 0 Å². The molecule has 0 aliphatic heterocycles. The minimum atomic E-state index is -0.235. The second-order valence-electron chi connectivity index (χ2n) is 5.66. The Bertz CT molecular complexity index is 478. The van der Waals surface area contributed by atoms with Gasteiger partial charge in [0.1, 0.15) is 0 Å². The Labute approximate surface area is 108 Å². The van der Waals surface area contributed by atoms with Gasteiger partial charge in [-0.15, -0.1) is 0 Å². The highest BCUT2D eigenvalue weighted by molar-refractivity contribution is 5.43. The Kier molecular flexibility index (Phi) is 3.05. The van der Waals surface area contributed by atoms with Gasteiger partial charge in [-0.2, -0.15) is 4.99 Å². The van der Waals surface area contributed by atoms with Gasteiger partial charge in [0.25, 0.3) is 0 Å². The maximum atomic E-state index is 10.7. The molecule has 0 radical (unpaired) electrons. The average molecular weight is 241 g/mol. The quantitative estimate of drug-likeness (QED) is 0.579. The molecule has 2 fully saturated rings. The summed E-state index contributed by atoms with van der Waals surface area (Å²) in [5.74, 6) is 0.681. The summed E-state index contributed by atoms with van der Waals surface area (Å²) in [6.07, 6.45) is 10.2. The minimum Gasteiger partial charge on any atom is -0.211 e. The molecule has 0 atom stereocenters. The normalized spacial score (nSPS) is 22.2. The van der Waals surface area contributed by atoms with Crippen LogP contribution in [0.25, 0.3) is 0 Å². The molecular weight excluding hydrogens is 222 g/mol. The summed E-state index contributed by atoms with van der Waals surface area (Å²) in [5, 5.41) is 0. The van der Waals surface area contributed by atoms with Crippen LogP contribution in [0.4, 0.5) is 0 Å². The molecule has 2 heteroatoms. The van der Waals surface area contributed by atoms with Gasteiger partial charge in [-0.05, 0) is 49.1 Å². The van der Waals surface area contributed by atoms with Crippen molar-refractivity contribution in [1.82, 2.24) is 0 Å². The number of hydrogen-bond acceptors (Lipinski definition) is 2. The third kappa shape index (κ3) is 1.81. The first-order valence-corrected chi connectivity index (χ1v) is 7.04. The van der Waals surface area contributed by atoms with Gasteiger partial charge in [0.2, 0.25) is 6.08 Å². The zero-order valence-corrected chi connectivity index (χ0v) is 10.7. The van der Waals surface area contributed by atoms with Gasteiger partial charge in [0.15, 0.2) is 0 Å². The van der Waals surface area contributed by atoms with Crippen LogP contribution in [-0.2, 0) is 10.3 Å². The van der Waals surface area contributed by atoms with Gasteiger partial charge < -0.3 is 0 Å². The first kappa shape index (κ1) is 11.7. The third-order valence-corrected chi connectivity index (χ3v) is 4.70. The predicted octanol–water partition coefficient (Wildman–Crippen LogP) is 4.06. The summed E-state index contributed by atoms with van der Waals surface area (Å²) < 4.78 is 0. The summed E-state index contributed by atoms with van der Waals surface area (Å²) in [5.41, 5.74) is 2.50. The lowest BCUT2D eigenvalue weighted by molar-refractivity contribution is 0.253. The molecule has 0 N–H and O–H groups in total. The van der Waals surface area contributed by atoms with E-state index in [9.17, 15) is 4.79 Å². The van der Waals surface area contributed by atoms with Crippen molar-refractivity contribution in [3.63, 3.8) is 0 Å². The first-order valence-electron chi connectivity index (χ1n) is 7.04. The average Bonchev–Trinajstić information content (AvgIpc) is 2.88. The maximum Gasteiger partial charge on any atom is 0.235 e.